The number of aryl methyl sites for hydroxylation is 1. The molecule has 3 rings (SSSR count). The number of hydrogen-bond acceptors (Lipinski definition) is 3. The van der Waals surface area contributed by atoms with Gasteiger partial charge in [0.2, 0.25) is 0 Å². The smallest absolute Gasteiger partial charge is 0.340 e. The molecule has 2 aliphatic rings. The van der Waals surface area contributed by atoms with Gasteiger partial charge in [0.05, 0.1) is 12.2 Å². The summed E-state index contributed by atoms with van der Waals surface area (Å²) in [6.45, 7) is 4.13. The third-order valence-electron chi connectivity index (χ3n) is 7.11. The Kier molecular flexibility index (Phi) is 8.82. The fourth-order valence-corrected chi connectivity index (χ4v) is 5.11. The highest BCUT2D eigenvalue weighted by Crippen LogP contribution is 2.39. The van der Waals surface area contributed by atoms with Crippen LogP contribution in [-0.2, 0) is 9.53 Å². The van der Waals surface area contributed by atoms with Gasteiger partial charge in [0.15, 0.2) is 6.10 Å². The van der Waals surface area contributed by atoms with E-state index in [1.165, 1.54) is 70.4 Å². The van der Waals surface area contributed by atoms with E-state index in [-0.39, 0.29) is 5.56 Å². The molecule has 0 amide bonds. The number of carbonyl (C=O) groups is 1. The van der Waals surface area contributed by atoms with Gasteiger partial charge in [0.25, 0.3) is 6.43 Å². The van der Waals surface area contributed by atoms with Crippen LogP contribution in [0.3, 0.4) is 0 Å². The largest absolute Gasteiger partial charge is 0.424 e. The normalized spacial score (nSPS) is 26.8. The van der Waals surface area contributed by atoms with E-state index in [9.17, 15) is 18.0 Å². The van der Waals surface area contributed by atoms with Gasteiger partial charge in [-0.25, -0.2) is 18.0 Å². The van der Waals surface area contributed by atoms with Crippen LogP contribution >= 0.6 is 0 Å². The summed E-state index contributed by atoms with van der Waals surface area (Å²) in [4.78, 5) is 12.5. The summed E-state index contributed by atoms with van der Waals surface area (Å²) < 4.78 is 51.5. The molecule has 1 aliphatic heterocycles. The quantitative estimate of drug-likeness (QED) is 0.244. The Balaban J connectivity index is 1.47. The van der Waals surface area contributed by atoms with Gasteiger partial charge in [-0.2, -0.15) is 0 Å². The molecule has 1 heterocycles. The second kappa shape index (κ2) is 11.3. The molecule has 1 aliphatic carbocycles. The van der Waals surface area contributed by atoms with Gasteiger partial charge in [-0.15, -0.1) is 0 Å². The van der Waals surface area contributed by atoms with Crippen LogP contribution in [0.2, 0.25) is 0 Å². The van der Waals surface area contributed by atoms with Crippen LogP contribution in [0.1, 0.15) is 88.7 Å². The van der Waals surface area contributed by atoms with E-state index in [4.69, 9.17) is 9.47 Å². The Morgan fingerprint density at radius 2 is 1.81 bits per heavy atom. The van der Waals surface area contributed by atoms with E-state index in [0.29, 0.717) is 24.9 Å². The molecular formula is C25H35F3O3. The van der Waals surface area contributed by atoms with Gasteiger partial charge in [-0.1, -0.05) is 51.5 Å². The Hall–Kier alpha value is -1.56. The zero-order chi connectivity index (χ0) is 22.4. The SMILES string of the molecule is CCCCCC1CCC(C2CCC(C(=O)Oc3ccc(C)c(F)c3C(F)F)OC2)CC1. The first-order chi connectivity index (χ1) is 14.9. The third-order valence-corrected chi connectivity index (χ3v) is 7.11. The zero-order valence-corrected chi connectivity index (χ0v) is 18.7. The van der Waals surface area contributed by atoms with Crippen LogP contribution in [0.15, 0.2) is 12.1 Å². The van der Waals surface area contributed by atoms with Crippen molar-refractivity contribution in [3.05, 3.63) is 29.1 Å². The van der Waals surface area contributed by atoms with Crippen molar-refractivity contribution in [1.29, 1.82) is 0 Å². The second-order valence-corrected chi connectivity index (χ2v) is 9.27. The fraction of sp³-hybridized carbons (Fsp3) is 0.720. The van der Waals surface area contributed by atoms with Crippen molar-refractivity contribution in [3.63, 3.8) is 0 Å². The number of halogens is 3. The number of ether oxygens (including phenoxy) is 2. The highest BCUT2D eigenvalue weighted by Gasteiger charge is 2.35. The highest BCUT2D eigenvalue weighted by atomic mass is 19.3. The summed E-state index contributed by atoms with van der Waals surface area (Å²) in [6, 6.07) is 2.56. The minimum absolute atomic E-state index is 0.0898. The van der Waals surface area contributed by atoms with Gasteiger partial charge < -0.3 is 9.47 Å². The molecular weight excluding hydrogens is 405 g/mol. The lowest BCUT2D eigenvalue weighted by Crippen LogP contribution is -2.38. The summed E-state index contributed by atoms with van der Waals surface area (Å²) in [5.74, 6) is -0.243. The highest BCUT2D eigenvalue weighted by molar-refractivity contribution is 5.77. The minimum atomic E-state index is -3.06. The molecule has 174 valence electrons. The van der Waals surface area contributed by atoms with Crippen LogP contribution in [-0.4, -0.2) is 18.7 Å². The first-order valence-corrected chi connectivity index (χ1v) is 11.8. The number of esters is 1. The van der Waals surface area contributed by atoms with Crippen LogP contribution < -0.4 is 4.74 Å². The molecule has 0 N–H and O–H groups in total. The maximum atomic E-state index is 14.1. The molecule has 0 spiro atoms. The van der Waals surface area contributed by atoms with Crippen molar-refractivity contribution in [2.45, 2.75) is 90.6 Å². The topological polar surface area (TPSA) is 35.5 Å². The molecule has 2 atom stereocenters. The van der Waals surface area contributed by atoms with E-state index < -0.39 is 35.6 Å². The molecule has 1 saturated heterocycles. The number of unbranched alkanes of at least 4 members (excludes halogenated alkanes) is 2. The lowest BCUT2D eigenvalue weighted by atomic mass is 9.73. The van der Waals surface area contributed by atoms with Crippen molar-refractivity contribution >= 4 is 5.97 Å². The fourth-order valence-electron chi connectivity index (χ4n) is 5.11. The second-order valence-electron chi connectivity index (χ2n) is 9.27. The number of benzene rings is 1. The van der Waals surface area contributed by atoms with E-state index in [0.717, 1.165) is 12.3 Å². The summed E-state index contributed by atoms with van der Waals surface area (Å²) >= 11 is 0. The Labute approximate surface area is 183 Å². The van der Waals surface area contributed by atoms with Crippen molar-refractivity contribution in [3.8, 4) is 5.75 Å². The first kappa shape index (κ1) is 24.1. The zero-order valence-electron chi connectivity index (χ0n) is 18.7. The molecule has 0 radical (unpaired) electrons. The van der Waals surface area contributed by atoms with Gasteiger partial charge in [0.1, 0.15) is 11.6 Å². The monoisotopic (exact) mass is 440 g/mol. The van der Waals surface area contributed by atoms with Gasteiger partial charge in [0, 0.05) is 0 Å². The molecule has 2 unspecified atom stereocenters. The summed E-state index contributed by atoms with van der Waals surface area (Å²) in [5.41, 5.74) is -0.773. The Bertz CT molecular complexity index is 721. The van der Waals surface area contributed by atoms with Crippen molar-refractivity contribution in [2.24, 2.45) is 17.8 Å². The lowest BCUT2D eigenvalue weighted by Gasteiger charge is -2.37. The van der Waals surface area contributed by atoms with Crippen molar-refractivity contribution in [1.82, 2.24) is 0 Å². The Morgan fingerprint density at radius 3 is 2.42 bits per heavy atom. The summed E-state index contributed by atoms with van der Waals surface area (Å²) in [7, 11) is 0. The summed E-state index contributed by atoms with van der Waals surface area (Å²) in [5, 5.41) is 0. The van der Waals surface area contributed by atoms with Crippen LogP contribution in [0.25, 0.3) is 0 Å². The van der Waals surface area contributed by atoms with E-state index in [1.807, 2.05) is 0 Å². The molecule has 0 bridgehead atoms. The first-order valence-electron chi connectivity index (χ1n) is 11.8. The predicted molar refractivity (Wildman–Crippen MR) is 114 cm³/mol. The maximum absolute atomic E-state index is 14.1. The van der Waals surface area contributed by atoms with Gasteiger partial charge in [-0.05, 0) is 62.0 Å². The van der Waals surface area contributed by atoms with Crippen LogP contribution in [0.4, 0.5) is 13.2 Å². The number of alkyl halides is 2. The molecule has 1 aromatic carbocycles. The molecule has 1 aromatic rings. The number of carbonyl (C=O) groups excluding carboxylic acids is 1. The molecule has 31 heavy (non-hydrogen) atoms. The van der Waals surface area contributed by atoms with Gasteiger partial charge >= 0.3 is 5.97 Å². The Morgan fingerprint density at radius 1 is 1.10 bits per heavy atom. The van der Waals surface area contributed by atoms with E-state index >= 15 is 0 Å². The standard InChI is InChI=1S/C25H35F3O3/c1-3-4-5-6-17-8-10-18(11-9-17)19-12-14-21(30-15-19)25(29)31-20-13-7-16(2)23(26)22(20)24(27)28/h7,13,17-19,21,24H,3-6,8-12,14-15H2,1-2H3. The van der Waals surface area contributed by atoms with E-state index in [1.54, 1.807) is 0 Å². The van der Waals surface area contributed by atoms with Crippen molar-refractivity contribution < 1.29 is 27.4 Å². The van der Waals surface area contributed by atoms with E-state index in [2.05, 4.69) is 6.92 Å². The number of hydrogen-bond donors (Lipinski definition) is 0. The lowest BCUT2D eigenvalue weighted by molar-refractivity contribution is -0.153. The average molecular weight is 441 g/mol. The molecule has 2 fully saturated rings. The molecule has 0 aromatic heterocycles. The predicted octanol–water partition coefficient (Wildman–Crippen LogP) is 7.16. The molecule has 3 nitrogen and oxygen atoms in total. The summed E-state index contributed by atoms with van der Waals surface area (Å²) in [6.07, 6.45) is 7.82. The van der Waals surface area contributed by atoms with Crippen LogP contribution in [0.5, 0.6) is 5.75 Å². The van der Waals surface area contributed by atoms with Crippen molar-refractivity contribution in [2.75, 3.05) is 6.61 Å². The maximum Gasteiger partial charge on any atom is 0.340 e. The van der Waals surface area contributed by atoms with Crippen LogP contribution in [0, 0.1) is 30.5 Å². The number of rotatable bonds is 8. The molecule has 6 heteroatoms. The molecule has 1 saturated carbocycles. The third kappa shape index (κ3) is 6.24. The average Bonchev–Trinajstić information content (AvgIpc) is 2.77. The van der Waals surface area contributed by atoms with Gasteiger partial charge in [-0.3, -0.25) is 0 Å². The minimum Gasteiger partial charge on any atom is -0.424 e.